The van der Waals surface area contributed by atoms with Gasteiger partial charge in [0.15, 0.2) is 0 Å². The number of hydrogen-bond acceptors (Lipinski definition) is 6. The highest BCUT2D eigenvalue weighted by Crippen LogP contribution is 2.47. The summed E-state index contributed by atoms with van der Waals surface area (Å²) < 4.78 is 20.2. The van der Waals surface area contributed by atoms with E-state index < -0.39 is 16.6 Å². The van der Waals surface area contributed by atoms with Crippen LogP contribution in [0.4, 0.5) is 10.1 Å². The van der Waals surface area contributed by atoms with Gasteiger partial charge in [0, 0.05) is 38.3 Å². The van der Waals surface area contributed by atoms with Crippen molar-refractivity contribution < 1.29 is 23.8 Å². The van der Waals surface area contributed by atoms with Crippen LogP contribution in [0.5, 0.6) is 0 Å². The first-order valence-corrected chi connectivity index (χ1v) is 12.1. The largest absolute Gasteiger partial charge is 0.481 e. The van der Waals surface area contributed by atoms with Crippen molar-refractivity contribution in [2.75, 3.05) is 51.3 Å². The van der Waals surface area contributed by atoms with Gasteiger partial charge >= 0.3 is 5.97 Å². The standard InChI is InChI=1S/C23H34FN3O4S/c1-23(2,3)7-9-27-21(30)18(15-19(28)29)32-22(27)16-5-4-6-17(24)20(16)25-8-10-26-11-13-31-14-12-26/h4-6,18,22,25H,7-15H2,1-3H3,(H,28,29)/t18-,22?/m1/s1. The zero-order valence-corrected chi connectivity index (χ0v) is 19.9. The first-order valence-electron chi connectivity index (χ1n) is 11.2. The normalized spacial score (nSPS) is 22.4. The molecule has 2 aliphatic heterocycles. The number of carboxylic acid groups (broad SMARTS) is 1. The number of carboxylic acids is 1. The van der Waals surface area contributed by atoms with Gasteiger partial charge in [-0.25, -0.2) is 4.39 Å². The number of rotatable bonds is 9. The number of benzene rings is 1. The van der Waals surface area contributed by atoms with Gasteiger partial charge in [-0.15, -0.1) is 11.8 Å². The minimum absolute atomic E-state index is 0.0154. The number of para-hydroxylation sites is 1. The summed E-state index contributed by atoms with van der Waals surface area (Å²) in [7, 11) is 0. The lowest BCUT2D eigenvalue weighted by molar-refractivity contribution is -0.140. The van der Waals surface area contributed by atoms with Gasteiger partial charge in [-0.05, 0) is 17.9 Å². The van der Waals surface area contributed by atoms with Crippen molar-refractivity contribution in [1.29, 1.82) is 0 Å². The van der Waals surface area contributed by atoms with E-state index >= 15 is 0 Å². The quantitative estimate of drug-likeness (QED) is 0.576. The van der Waals surface area contributed by atoms with E-state index in [1.54, 1.807) is 11.0 Å². The van der Waals surface area contributed by atoms with E-state index in [9.17, 15) is 19.1 Å². The molecule has 2 fully saturated rings. The van der Waals surface area contributed by atoms with Crippen LogP contribution >= 0.6 is 11.8 Å². The molecule has 2 atom stereocenters. The molecule has 7 nitrogen and oxygen atoms in total. The number of carbonyl (C=O) groups excluding carboxylic acids is 1. The Morgan fingerprint density at radius 1 is 1.28 bits per heavy atom. The first kappa shape index (κ1) is 24.8. The van der Waals surface area contributed by atoms with Gasteiger partial charge < -0.3 is 20.1 Å². The van der Waals surface area contributed by atoms with Gasteiger partial charge in [0.2, 0.25) is 5.91 Å². The molecule has 1 aromatic rings. The number of ether oxygens (including phenoxy) is 1. The van der Waals surface area contributed by atoms with Crippen LogP contribution in [0.3, 0.4) is 0 Å². The van der Waals surface area contributed by atoms with Gasteiger partial charge in [-0.2, -0.15) is 0 Å². The molecule has 0 bridgehead atoms. The number of hydrogen-bond donors (Lipinski definition) is 2. The summed E-state index contributed by atoms with van der Waals surface area (Å²) in [6, 6.07) is 4.89. The molecule has 9 heteroatoms. The molecule has 0 aliphatic carbocycles. The number of anilines is 1. The number of amides is 1. The third-order valence-electron chi connectivity index (χ3n) is 5.74. The highest BCUT2D eigenvalue weighted by Gasteiger charge is 2.43. The third kappa shape index (κ3) is 6.59. The molecule has 1 unspecified atom stereocenters. The molecule has 2 aliphatic rings. The molecule has 32 heavy (non-hydrogen) atoms. The summed E-state index contributed by atoms with van der Waals surface area (Å²) >= 11 is 1.31. The molecule has 2 N–H and O–H groups in total. The number of carbonyl (C=O) groups is 2. The Labute approximate surface area is 193 Å². The van der Waals surface area contributed by atoms with Gasteiger partial charge in [0.1, 0.15) is 11.2 Å². The molecule has 3 rings (SSSR count). The van der Waals surface area contributed by atoms with Crippen molar-refractivity contribution in [3.05, 3.63) is 29.6 Å². The predicted molar refractivity (Wildman–Crippen MR) is 124 cm³/mol. The molecule has 2 heterocycles. The Balaban J connectivity index is 1.79. The first-order chi connectivity index (χ1) is 15.2. The molecule has 0 spiro atoms. The van der Waals surface area contributed by atoms with Crippen molar-refractivity contribution in [3.63, 3.8) is 0 Å². The van der Waals surface area contributed by atoms with E-state index in [0.29, 0.717) is 37.6 Å². The van der Waals surface area contributed by atoms with Crippen LogP contribution in [0, 0.1) is 11.2 Å². The molecule has 0 aromatic heterocycles. The molecular formula is C23H34FN3O4S. The third-order valence-corrected chi connectivity index (χ3v) is 7.21. The zero-order valence-electron chi connectivity index (χ0n) is 19.1. The van der Waals surface area contributed by atoms with Gasteiger partial charge in [0.05, 0.1) is 30.6 Å². The minimum atomic E-state index is -1.00. The fourth-order valence-corrected chi connectivity index (χ4v) is 5.40. The van der Waals surface area contributed by atoms with Gasteiger partial charge in [0.25, 0.3) is 0 Å². The van der Waals surface area contributed by atoms with E-state index in [1.807, 2.05) is 6.07 Å². The maximum atomic E-state index is 14.9. The Kier molecular flexibility index (Phi) is 8.41. The van der Waals surface area contributed by atoms with Crippen LogP contribution in [0.15, 0.2) is 18.2 Å². The van der Waals surface area contributed by atoms with E-state index in [0.717, 1.165) is 26.1 Å². The van der Waals surface area contributed by atoms with E-state index in [1.165, 1.54) is 17.8 Å². The zero-order chi connectivity index (χ0) is 23.3. The average Bonchev–Trinajstić information content (AvgIpc) is 3.02. The van der Waals surface area contributed by atoms with Crippen LogP contribution in [0.2, 0.25) is 0 Å². The molecule has 0 radical (unpaired) electrons. The topological polar surface area (TPSA) is 82.1 Å². The van der Waals surface area contributed by atoms with Crippen LogP contribution in [-0.2, 0) is 14.3 Å². The Morgan fingerprint density at radius 2 is 2.00 bits per heavy atom. The molecular weight excluding hydrogens is 433 g/mol. The summed E-state index contributed by atoms with van der Waals surface area (Å²) in [6.45, 7) is 11.3. The Hall–Kier alpha value is -1.84. The second-order valence-corrected chi connectivity index (χ2v) is 10.8. The van der Waals surface area contributed by atoms with Crippen molar-refractivity contribution >= 4 is 29.3 Å². The number of aliphatic carboxylic acids is 1. The number of halogens is 1. The van der Waals surface area contributed by atoms with E-state index in [4.69, 9.17) is 4.74 Å². The van der Waals surface area contributed by atoms with Crippen LogP contribution in [0.1, 0.15) is 44.6 Å². The van der Waals surface area contributed by atoms with Gasteiger partial charge in [-0.3, -0.25) is 14.5 Å². The number of morpholine rings is 1. The van der Waals surface area contributed by atoms with Crippen molar-refractivity contribution in [2.24, 2.45) is 5.41 Å². The fraction of sp³-hybridized carbons (Fsp3) is 0.652. The highest BCUT2D eigenvalue weighted by molar-refractivity contribution is 8.01. The Morgan fingerprint density at radius 3 is 2.66 bits per heavy atom. The average molecular weight is 468 g/mol. The second kappa shape index (κ2) is 10.9. The maximum absolute atomic E-state index is 14.9. The van der Waals surface area contributed by atoms with Crippen molar-refractivity contribution in [1.82, 2.24) is 9.80 Å². The summed E-state index contributed by atoms with van der Waals surface area (Å²) in [5.74, 6) is -1.56. The lowest BCUT2D eigenvalue weighted by Gasteiger charge is -2.30. The number of nitrogens with zero attached hydrogens (tertiary/aromatic N) is 2. The summed E-state index contributed by atoms with van der Waals surface area (Å²) in [5, 5.41) is 11.4. The predicted octanol–water partition coefficient (Wildman–Crippen LogP) is 3.42. The molecule has 1 aromatic carbocycles. The van der Waals surface area contributed by atoms with Crippen LogP contribution in [0.25, 0.3) is 0 Å². The lowest BCUT2D eigenvalue weighted by atomic mass is 9.92. The molecule has 0 saturated carbocycles. The molecule has 1 amide bonds. The molecule has 178 valence electrons. The monoisotopic (exact) mass is 467 g/mol. The fourth-order valence-electron chi connectivity index (χ4n) is 3.90. The highest BCUT2D eigenvalue weighted by atomic mass is 32.2. The van der Waals surface area contributed by atoms with Crippen molar-refractivity contribution in [2.45, 2.75) is 44.2 Å². The second-order valence-electron chi connectivity index (χ2n) is 9.50. The number of thioether (sulfide) groups is 1. The van der Waals surface area contributed by atoms with Crippen LogP contribution in [-0.4, -0.2) is 78.0 Å². The minimum Gasteiger partial charge on any atom is -0.481 e. The summed E-state index contributed by atoms with van der Waals surface area (Å²) in [6.07, 6.45) is 0.534. The lowest BCUT2D eigenvalue weighted by Crippen LogP contribution is -2.39. The maximum Gasteiger partial charge on any atom is 0.305 e. The summed E-state index contributed by atoms with van der Waals surface area (Å²) in [4.78, 5) is 28.4. The van der Waals surface area contributed by atoms with Gasteiger partial charge in [-0.1, -0.05) is 32.9 Å². The molecule has 2 saturated heterocycles. The summed E-state index contributed by atoms with van der Waals surface area (Å²) in [5.41, 5.74) is 1.09. The Bertz CT molecular complexity index is 811. The van der Waals surface area contributed by atoms with E-state index in [-0.39, 0.29) is 23.6 Å². The van der Waals surface area contributed by atoms with Crippen molar-refractivity contribution in [3.8, 4) is 0 Å². The van der Waals surface area contributed by atoms with E-state index in [2.05, 4.69) is 31.0 Å². The SMILES string of the molecule is CC(C)(C)CCN1C(=O)[C@@H](CC(=O)O)SC1c1cccc(F)c1NCCN1CCOCC1. The number of nitrogens with one attached hydrogen (secondary N) is 1. The smallest absolute Gasteiger partial charge is 0.305 e. The van der Waals surface area contributed by atoms with Crippen LogP contribution < -0.4 is 5.32 Å².